The van der Waals surface area contributed by atoms with Crippen LogP contribution in [-0.4, -0.2) is 31.3 Å². The summed E-state index contributed by atoms with van der Waals surface area (Å²) in [5.41, 5.74) is 4.14. The van der Waals surface area contributed by atoms with Crippen molar-refractivity contribution >= 4 is 28.2 Å². The first-order chi connectivity index (χ1) is 14.9. The zero-order chi connectivity index (χ0) is 22.7. The molecule has 1 N–H and O–H groups in total. The number of hydrogen-bond donors (Lipinski definition) is 1. The number of hydrogen-bond acceptors (Lipinski definition) is 5. The Bertz CT molecular complexity index is 1260. The summed E-state index contributed by atoms with van der Waals surface area (Å²) in [4.78, 5) is 17.6. The van der Waals surface area contributed by atoms with Gasteiger partial charge in [0.2, 0.25) is 0 Å². The minimum Gasteiger partial charge on any atom is -0.495 e. The molecule has 162 valence electrons. The van der Waals surface area contributed by atoms with Crippen molar-refractivity contribution in [3.8, 4) is 28.2 Å². The predicted molar refractivity (Wildman–Crippen MR) is 127 cm³/mol. The van der Waals surface area contributed by atoms with Crippen LogP contribution in [0.2, 0.25) is 5.02 Å². The van der Waals surface area contributed by atoms with Crippen LogP contribution in [0.15, 0.2) is 51.8 Å². The molecule has 7 heteroatoms. The first kappa shape index (κ1) is 22.4. The highest BCUT2D eigenvalue weighted by molar-refractivity contribution is 6.34. The second-order valence-corrected chi connectivity index (χ2v) is 7.42. The molecule has 2 aromatic carbocycles. The van der Waals surface area contributed by atoms with Gasteiger partial charge < -0.3 is 19.1 Å². The van der Waals surface area contributed by atoms with Crippen molar-refractivity contribution < 1.29 is 9.26 Å². The molecule has 0 aliphatic rings. The summed E-state index contributed by atoms with van der Waals surface area (Å²) < 4.78 is 10.9. The van der Waals surface area contributed by atoms with Crippen LogP contribution < -0.4 is 15.2 Å². The number of pyridine rings is 1. The van der Waals surface area contributed by atoms with Crippen LogP contribution in [0.25, 0.3) is 33.4 Å². The summed E-state index contributed by atoms with van der Waals surface area (Å²) in [6, 6.07) is 13.5. The maximum atomic E-state index is 12.7. The second kappa shape index (κ2) is 9.27. The Kier molecular flexibility index (Phi) is 6.71. The Labute approximate surface area is 186 Å². The van der Waals surface area contributed by atoms with E-state index in [1.54, 1.807) is 19.1 Å². The normalized spacial score (nSPS) is 10.5. The fourth-order valence-electron chi connectivity index (χ4n) is 3.36. The van der Waals surface area contributed by atoms with Crippen LogP contribution in [0.1, 0.15) is 19.5 Å². The molecule has 0 saturated carbocycles. The van der Waals surface area contributed by atoms with Gasteiger partial charge in [-0.1, -0.05) is 42.7 Å². The summed E-state index contributed by atoms with van der Waals surface area (Å²) in [6.45, 7) is 5.80. The number of benzene rings is 2. The van der Waals surface area contributed by atoms with E-state index in [2.05, 4.69) is 10.1 Å². The molecular weight excluding hydrogens is 414 g/mol. The van der Waals surface area contributed by atoms with Gasteiger partial charge in [0.25, 0.3) is 5.56 Å². The third-order valence-corrected chi connectivity index (χ3v) is 5.14. The predicted octanol–water partition coefficient (Wildman–Crippen LogP) is 5.91. The van der Waals surface area contributed by atoms with Crippen LogP contribution in [0.5, 0.6) is 5.75 Å². The van der Waals surface area contributed by atoms with E-state index in [0.717, 1.165) is 22.2 Å². The lowest BCUT2D eigenvalue weighted by Gasteiger charge is -2.15. The number of halogens is 1. The number of nitrogens with one attached hydrogen (secondary N) is 1. The molecule has 4 rings (SSSR count). The fraction of sp³-hybridized carbons (Fsp3) is 0.250. The fourth-order valence-corrected chi connectivity index (χ4v) is 3.64. The van der Waals surface area contributed by atoms with Crippen molar-refractivity contribution in [2.45, 2.75) is 20.8 Å². The van der Waals surface area contributed by atoms with Crippen LogP contribution in [0, 0.1) is 6.92 Å². The highest BCUT2D eigenvalue weighted by atomic mass is 35.5. The molecule has 0 unspecified atom stereocenters. The summed E-state index contributed by atoms with van der Waals surface area (Å²) in [7, 11) is 5.51. The summed E-state index contributed by atoms with van der Waals surface area (Å²) in [6.07, 6.45) is 0. The maximum Gasteiger partial charge on any atom is 0.263 e. The summed E-state index contributed by atoms with van der Waals surface area (Å²) in [5, 5.41) is 5.15. The maximum absolute atomic E-state index is 12.7. The minimum atomic E-state index is -0.329. The molecule has 4 aromatic rings. The lowest BCUT2D eigenvalue weighted by molar-refractivity contribution is 0.407. The van der Waals surface area contributed by atoms with Crippen molar-refractivity contribution in [1.82, 2.24) is 10.1 Å². The SMILES string of the molecule is CC.COc1c(-c2cc(C)no2)c(=O)[nH]c2cc(Cl)c(-c3ccc(N(C)C)cc3)cc12. The number of nitrogens with zero attached hydrogens (tertiary/aromatic N) is 2. The number of ether oxygens (including phenoxy) is 1. The van der Waals surface area contributed by atoms with Crippen LogP contribution in [-0.2, 0) is 0 Å². The Morgan fingerprint density at radius 1 is 1.10 bits per heavy atom. The van der Waals surface area contributed by atoms with Gasteiger partial charge in [-0.15, -0.1) is 0 Å². The van der Waals surface area contributed by atoms with Gasteiger partial charge >= 0.3 is 0 Å². The first-order valence-electron chi connectivity index (χ1n) is 10.0. The first-order valence-corrected chi connectivity index (χ1v) is 10.4. The van der Waals surface area contributed by atoms with Gasteiger partial charge in [-0.25, -0.2) is 0 Å². The highest BCUT2D eigenvalue weighted by Crippen LogP contribution is 2.38. The number of H-pyrrole nitrogens is 1. The number of aryl methyl sites for hydroxylation is 1. The van der Waals surface area contributed by atoms with Gasteiger partial charge in [0, 0.05) is 36.8 Å². The van der Waals surface area contributed by atoms with Crippen molar-refractivity contribution in [2.24, 2.45) is 0 Å². The van der Waals surface area contributed by atoms with E-state index in [-0.39, 0.29) is 5.56 Å². The standard InChI is InChI=1S/C22H20ClN3O3.C2H6/c1-12-9-19(29-25-12)20-21(28-4)16-10-15(17(23)11-18(16)24-22(20)27)13-5-7-14(8-6-13)26(2)3;1-2/h5-11H,1-4H3,(H,24,27);1-2H3. The van der Waals surface area contributed by atoms with E-state index >= 15 is 0 Å². The van der Waals surface area contributed by atoms with Crippen LogP contribution >= 0.6 is 11.6 Å². The van der Waals surface area contributed by atoms with E-state index in [9.17, 15) is 4.79 Å². The van der Waals surface area contributed by atoms with Gasteiger partial charge in [-0.05, 0) is 36.8 Å². The van der Waals surface area contributed by atoms with Crippen LogP contribution in [0.3, 0.4) is 0 Å². The van der Waals surface area contributed by atoms with E-state index in [4.69, 9.17) is 20.9 Å². The largest absolute Gasteiger partial charge is 0.495 e. The molecular formula is C24H26ClN3O3. The molecule has 0 spiro atoms. The Balaban J connectivity index is 0.00000132. The quantitative estimate of drug-likeness (QED) is 0.427. The third kappa shape index (κ3) is 4.30. The Morgan fingerprint density at radius 2 is 1.77 bits per heavy atom. The van der Waals surface area contributed by atoms with Gasteiger partial charge in [0.15, 0.2) is 5.76 Å². The number of aromatic amines is 1. The molecule has 0 aliphatic carbocycles. The van der Waals surface area contributed by atoms with Crippen molar-refractivity contribution in [3.05, 3.63) is 63.5 Å². The molecule has 0 saturated heterocycles. The van der Waals surface area contributed by atoms with Gasteiger partial charge in [-0.2, -0.15) is 0 Å². The molecule has 2 aromatic heterocycles. The number of rotatable bonds is 4. The molecule has 2 heterocycles. The van der Waals surface area contributed by atoms with E-state index in [1.807, 2.05) is 63.2 Å². The average Bonchev–Trinajstić information content (AvgIpc) is 3.19. The van der Waals surface area contributed by atoms with Gasteiger partial charge in [-0.3, -0.25) is 4.79 Å². The zero-order valence-corrected chi connectivity index (χ0v) is 19.3. The summed E-state index contributed by atoms with van der Waals surface area (Å²) >= 11 is 6.55. The Hall–Kier alpha value is -3.25. The smallest absolute Gasteiger partial charge is 0.263 e. The molecule has 0 amide bonds. The molecule has 0 fully saturated rings. The lowest BCUT2D eigenvalue weighted by atomic mass is 10.0. The van der Waals surface area contributed by atoms with E-state index < -0.39 is 0 Å². The average molecular weight is 440 g/mol. The minimum absolute atomic E-state index is 0.303. The Morgan fingerprint density at radius 3 is 2.32 bits per heavy atom. The van der Waals surface area contributed by atoms with Crippen LogP contribution in [0.4, 0.5) is 5.69 Å². The van der Waals surface area contributed by atoms with E-state index in [1.165, 1.54) is 7.11 Å². The molecule has 0 aliphatic heterocycles. The monoisotopic (exact) mass is 439 g/mol. The van der Waals surface area contributed by atoms with Crippen molar-refractivity contribution in [2.75, 3.05) is 26.1 Å². The van der Waals surface area contributed by atoms with Crippen molar-refractivity contribution in [3.63, 3.8) is 0 Å². The third-order valence-electron chi connectivity index (χ3n) is 4.83. The number of fused-ring (bicyclic) bond motifs is 1. The molecule has 0 radical (unpaired) electrons. The second-order valence-electron chi connectivity index (χ2n) is 7.01. The number of methoxy groups -OCH3 is 1. The molecule has 31 heavy (non-hydrogen) atoms. The topological polar surface area (TPSA) is 71.4 Å². The number of aromatic nitrogens is 2. The van der Waals surface area contributed by atoms with E-state index in [0.29, 0.717) is 33.3 Å². The van der Waals surface area contributed by atoms with Crippen molar-refractivity contribution in [1.29, 1.82) is 0 Å². The zero-order valence-electron chi connectivity index (χ0n) is 18.5. The summed E-state index contributed by atoms with van der Waals surface area (Å²) in [5.74, 6) is 0.775. The molecule has 0 bridgehead atoms. The van der Waals surface area contributed by atoms with Gasteiger partial charge in [0.05, 0.1) is 23.3 Å². The number of anilines is 1. The highest BCUT2D eigenvalue weighted by Gasteiger charge is 2.20. The molecule has 6 nitrogen and oxygen atoms in total. The molecule has 0 atom stereocenters. The lowest BCUT2D eigenvalue weighted by Crippen LogP contribution is -2.11. The van der Waals surface area contributed by atoms with Gasteiger partial charge in [0.1, 0.15) is 11.3 Å².